The van der Waals surface area contributed by atoms with Crippen LogP contribution in [0.4, 0.5) is 0 Å². The van der Waals surface area contributed by atoms with Crippen molar-refractivity contribution in [3.05, 3.63) is 18.0 Å². The molecule has 1 unspecified atom stereocenters. The fourth-order valence-corrected chi connectivity index (χ4v) is 2.34. The zero-order chi connectivity index (χ0) is 12.1. The fraction of sp³-hybridized carbons (Fsp3) is 0.769. The summed E-state index contributed by atoms with van der Waals surface area (Å²) in [6.07, 6.45) is 9.65. The van der Waals surface area contributed by atoms with Gasteiger partial charge in [0.05, 0.1) is 18.9 Å². The molecule has 96 valence electrons. The molecule has 0 bridgehead atoms. The van der Waals surface area contributed by atoms with Crippen LogP contribution in [0.25, 0.3) is 0 Å². The Bertz CT molecular complexity index is 331. The quantitative estimate of drug-likeness (QED) is 0.769. The van der Waals surface area contributed by atoms with Crippen LogP contribution in [0.5, 0.6) is 0 Å². The molecule has 2 rings (SSSR count). The lowest BCUT2D eigenvalue weighted by atomic mass is 10.2. The first-order valence-electron chi connectivity index (χ1n) is 6.59. The van der Waals surface area contributed by atoms with Gasteiger partial charge in [-0.2, -0.15) is 5.10 Å². The fourth-order valence-electron chi connectivity index (χ4n) is 2.34. The van der Waals surface area contributed by atoms with Crippen molar-refractivity contribution in [3.8, 4) is 0 Å². The Labute approximate surface area is 103 Å². The molecule has 1 aromatic rings. The summed E-state index contributed by atoms with van der Waals surface area (Å²) in [5.41, 5.74) is 1.23. The largest absolute Gasteiger partial charge is 0.377 e. The predicted molar refractivity (Wildman–Crippen MR) is 67.8 cm³/mol. The molecule has 1 atom stereocenters. The monoisotopic (exact) mass is 237 g/mol. The second-order valence-corrected chi connectivity index (χ2v) is 4.90. The lowest BCUT2D eigenvalue weighted by Crippen LogP contribution is -2.24. The van der Waals surface area contributed by atoms with Crippen molar-refractivity contribution in [2.75, 3.05) is 13.2 Å². The maximum atomic E-state index is 5.81. The molecule has 1 fully saturated rings. The van der Waals surface area contributed by atoms with Gasteiger partial charge in [-0.25, -0.2) is 0 Å². The van der Waals surface area contributed by atoms with Gasteiger partial charge >= 0.3 is 0 Å². The minimum atomic E-state index is 0.343. The maximum absolute atomic E-state index is 5.81. The third-order valence-corrected chi connectivity index (χ3v) is 3.43. The zero-order valence-electron chi connectivity index (χ0n) is 10.9. The molecule has 1 aromatic heterocycles. The van der Waals surface area contributed by atoms with Crippen LogP contribution in [0.1, 0.15) is 44.2 Å². The van der Waals surface area contributed by atoms with Gasteiger partial charge in [0.15, 0.2) is 0 Å². The molecule has 1 saturated carbocycles. The van der Waals surface area contributed by atoms with Gasteiger partial charge < -0.3 is 10.1 Å². The highest BCUT2D eigenvalue weighted by Crippen LogP contribution is 2.20. The first kappa shape index (κ1) is 12.6. The number of rotatable bonds is 6. The van der Waals surface area contributed by atoms with E-state index >= 15 is 0 Å². The van der Waals surface area contributed by atoms with E-state index in [-0.39, 0.29) is 0 Å². The number of ether oxygens (including phenoxy) is 1. The van der Waals surface area contributed by atoms with Crippen molar-refractivity contribution in [1.82, 2.24) is 15.1 Å². The smallest absolute Gasteiger partial charge is 0.0594 e. The molecule has 4 nitrogen and oxygen atoms in total. The van der Waals surface area contributed by atoms with Crippen LogP contribution in [0, 0.1) is 0 Å². The second kappa shape index (κ2) is 6.17. The molecule has 1 aliphatic carbocycles. The lowest BCUT2D eigenvalue weighted by molar-refractivity contribution is 0.0593. The second-order valence-electron chi connectivity index (χ2n) is 4.90. The van der Waals surface area contributed by atoms with E-state index in [1.807, 2.05) is 17.9 Å². The van der Waals surface area contributed by atoms with E-state index in [2.05, 4.69) is 23.5 Å². The highest BCUT2D eigenvalue weighted by Gasteiger charge is 2.15. The van der Waals surface area contributed by atoms with Gasteiger partial charge in [0.1, 0.15) is 0 Å². The van der Waals surface area contributed by atoms with Crippen LogP contribution < -0.4 is 5.32 Å². The van der Waals surface area contributed by atoms with Gasteiger partial charge in [-0.05, 0) is 19.8 Å². The summed E-state index contributed by atoms with van der Waals surface area (Å²) >= 11 is 0. The zero-order valence-corrected chi connectivity index (χ0v) is 10.9. The average Bonchev–Trinajstić information content (AvgIpc) is 2.95. The molecule has 17 heavy (non-hydrogen) atoms. The summed E-state index contributed by atoms with van der Waals surface area (Å²) in [6.45, 7) is 3.88. The molecule has 0 saturated heterocycles. The number of hydrogen-bond donors (Lipinski definition) is 1. The van der Waals surface area contributed by atoms with Gasteiger partial charge in [0, 0.05) is 31.4 Å². The summed E-state index contributed by atoms with van der Waals surface area (Å²) in [5.74, 6) is 0. The molecule has 0 aromatic carbocycles. The van der Waals surface area contributed by atoms with Crippen LogP contribution in [0.3, 0.4) is 0 Å². The minimum Gasteiger partial charge on any atom is -0.377 e. The van der Waals surface area contributed by atoms with Gasteiger partial charge in [-0.1, -0.05) is 12.8 Å². The normalized spacial score (nSPS) is 18.7. The lowest BCUT2D eigenvalue weighted by Gasteiger charge is -2.14. The van der Waals surface area contributed by atoms with Gasteiger partial charge in [0.25, 0.3) is 0 Å². The molecule has 1 N–H and O–H groups in total. The summed E-state index contributed by atoms with van der Waals surface area (Å²) in [5, 5.41) is 7.63. The van der Waals surface area contributed by atoms with Crippen molar-refractivity contribution < 1.29 is 4.74 Å². The molecule has 1 aliphatic rings. The van der Waals surface area contributed by atoms with Crippen molar-refractivity contribution in [1.29, 1.82) is 0 Å². The van der Waals surface area contributed by atoms with Crippen molar-refractivity contribution in [2.45, 2.75) is 44.8 Å². The van der Waals surface area contributed by atoms with E-state index in [0.717, 1.165) is 13.2 Å². The van der Waals surface area contributed by atoms with E-state index in [9.17, 15) is 0 Å². The Hall–Kier alpha value is -0.870. The first-order valence-corrected chi connectivity index (χ1v) is 6.59. The van der Waals surface area contributed by atoms with Crippen LogP contribution in [0.15, 0.2) is 12.4 Å². The SMILES string of the molecule is CC(NCCOC1CCCC1)c1cnn(C)c1. The van der Waals surface area contributed by atoms with Gasteiger partial charge in [-0.3, -0.25) is 4.68 Å². The summed E-state index contributed by atoms with van der Waals surface area (Å²) in [7, 11) is 1.94. The number of nitrogens with zero attached hydrogens (tertiary/aromatic N) is 2. The van der Waals surface area contributed by atoms with Crippen molar-refractivity contribution >= 4 is 0 Å². The summed E-state index contributed by atoms with van der Waals surface area (Å²) in [6, 6.07) is 0.343. The molecule has 0 aliphatic heterocycles. The van der Waals surface area contributed by atoms with E-state index in [0.29, 0.717) is 12.1 Å². The average molecular weight is 237 g/mol. The third kappa shape index (κ3) is 3.82. The Morgan fingerprint density at radius 2 is 2.29 bits per heavy atom. The molecule has 1 heterocycles. The van der Waals surface area contributed by atoms with Crippen LogP contribution in [-0.4, -0.2) is 29.0 Å². The summed E-state index contributed by atoms with van der Waals surface area (Å²) < 4.78 is 7.65. The molecule has 0 radical (unpaired) electrons. The predicted octanol–water partition coefficient (Wildman–Crippen LogP) is 2.03. The Balaban J connectivity index is 1.61. The van der Waals surface area contributed by atoms with E-state index in [1.165, 1.54) is 31.2 Å². The minimum absolute atomic E-state index is 0.343. The van der Waals surface area contributed by atoms with Crippen LogP contribution >= 0.6 is 0 Å². The molecule has 0 amide bonds. The Morgan fingerprint density at radius 1 is 1.53 bits per heavy atom. The number of hydrogen-bond acceptors (Lipinski definition) is 3. The van der Waals surface area contributed by atoms with E-state index < -0.39 is 0 Å². The first-order chi connectivity index (χ1) is 8.25. The van der Waals surface area contributed by atoms with Crippen molar-refractivity contribution in [2.24, 2.45) is 7.05 Å². The standard InChI is InChI=1S/C13H23N3O/c1-11(12-9-15-16(2)10-12)14-7-8-17-13-5-3-4-6-13/h9-11,13-14H,3-8H2,1-2H3. The van der Waals surface area contributed by atoms with Gasteiger partial charge in [-0.15, -0.1) is 0 Å². The molecular weight excluding hydrogens is 214 g/mol. The van der Waals surface area contributed by atoms with Gasteiger partial charge in [0.2, 0.25) is 0 Å². The van der Waals surface area contributed by atoms with Crippen molar-refractivity contribution in [3.63, 3.8) is 0 Å². The topological polar surface area (TPSA) is 39.1 Å². The maximum Gasteiger partial charge on any atom is 0.0594 e. The van der Waals surface area contributed by atoms with E-state index in [4.69, 9.17) is 4.74 Å². The highest BCUT2D eigenvalue weighted by molar-refractivity contribution is 5.08. The third-order valence-electron chi connectivity index (χ3n) is 3.43. The van der Waals surface area contributed by atoms with E-state index in [1.54, 1.807) is 0 Å². The van der Waals surface area contributed by atoms with Crippen LogP contribution in [-0.2, 0) is 11.8 Å². The van der Waals surface area contributed by atoms with Crippen LogP contribution in [0.2, 0.25) is 0 Å². The highest BCUT2D eigenvalue weighted by atomic mass is 16.5. The number of aromatic nitrogens is 2. The number of nitrogens with one attached hydrogen (secondary N) is 1. The molecule has 0 spiro atoms. The molecule has 4 heteroatoms. The Kier molecular flexibility index (Phi) is 4.57. The Morgan fingerprint density at radius 3 is 2.94 bits per heavy atom. The molecular formula is C13H23N3O. The number of aryl methyl sites for hydroxylation is 1. The summed E-state index contributed by atoms with van der Waals surface area (Å²) in [4.78, 5) is 0.